The van der Waals surface area contributed by atoms with E-state index in [0.29, 0.717) is 60.9 Å². The Morgan fingerprint density at radius 1 is 1.09 bits per heavy atom. The van der Waals surface area contributed by atoms with Gasteiger partial charge < -0.3 is 34.1 Å². The lowest BCUT2D eigenvalue weighted by Crippen LogP contribution is -3.15. The van der Waals surface area contributed by atoms with E-state index in [4.69, 9.17) is 18.9 Å². The average molecular weight is 447 g/mol. The van der Waals surface area contributed by atoms with Crippen LogP contribution in [0.2, 0.25) is 0 Å². The van der Waals surface area contributed by atoms with Crippen LogP contribution in [0.15, 0.2) is 12.1 Å². The number of rotatable bonds is 6. The summed E-state index contributed by atoms with van der Waals surface area (Å²) in [6.45, 7) is 6.65. The number of carbonyl (C=O) groups excluding carboxylic acids is 3. The van der Waals surface area contributed by atoms with Crippen molar-refractivity contribution in [3.05, 3.63) is 17.8 Å². The van der Waals surface area contributed by atoms with E-state index in [0.717, 1.165) is 4.90 Å². The summed E-state index contributed by atoms with van der Waals surface area (Å²) in [5.41, 5.74) is 1.15. The number of aromatic amines is 1. The molecule has 3 N–H and O–H groups in total. The van der Waals surface area contributed by atoms with Crippen molar-refractivity contribution < 1.29 is 38.2 Å². The minimum Gasteiger partial charge on any atom is -0.461 e. The Balaban J connectivity index is 1.48. The highest BCUT2D eigenvalue weighted by molar-refractivity contribution is 6.11. The summed E-state index contributed by atoms with van der Waals surface area (Å²) in [7, 11) is 0. The van der Waals surface area contributed by atoms with Gasteiger partial charge in [0.1, 0.15) is 5.69 Å². The SMILES string of the molecule is CCOC(=O)c1[nH]c2cc3c(cc2c1NC(=O)C[NH+]1CCN(C(=O)OCC)CC1)OCO3. The van der Waals surface area contributed by atoms with Crippen molar-refractivity contribution in [1.82, 2.24) is 9.88 Å². The molecule has 0 unspecified atom stereocenters. The molecule has 1 saturated heterocycles. The van der Waals surface area contributed by atoms with Crippen molar-refractivity contribution in [1.29, 1.82) is 0 Å². The molecule has 2 amide bonds. The molecule has 0 saturated carbocycles. The maximum absolute atomic E-state index is 12.8. The van der Waals surface area contributed by atoms with Gasteiger partial charge in [-0.25, -0.2) is 9.59 Å². The van der Waals surface area contributed by atoms with Crippen molar-refractivity contribution in [3.8, 4) is 11.5 Å². The highest BCUT2D eigenvalue weighted by Gasteiger charge is 2.28. The second kappa shape index (κ2) is 9.35. The molecule has 11 nitrogen and oxygen atoms in total. The Morgan fingerprint density at radius 2 is 1.78 bits per heavy atom. The lowest BCUT2D eigenvalue weighted by Gasteiger charge is -2.31. The van der Waals surface area contributed by atoms with E-state index in [1.807, 2.05) is 0 Å². The van der Waals surface area contributed by atoms with Crippen LogP contribution < -0.4 is 19.7 Å². The molecule has 0 spiro atoms. The number of ether oxygens (including phenoxy) is 4. The minimum atomic E-state index is -0.559. The molecule has 1 fully saturated rings. The third-order valence-electron chi connectivity index (χ3n) is 5.44. The van der Waals surface area contributed by atoms with Gasteiger partial charge in [0.25, 0.3) is 5.91 Å². The number of hydrogen-bond acceptors (Lipinski definition) is 7. The number of nitrogens with one attached hydrogen (secondary N) is 3. The van der Waals surface area contributed by atoms with Crippen molar-refractivity contribution in [2.45, 2.75) is 13.8 Å². The van der Waals surface area contributed by atoms with E-state index >= 15 is 0 Å². The Hall–Kier alpha value is -3.47. The molecule has 3 heterocycles. The van der Waals surface area contributed by atoms with E-state index in [1.54, 1.807) is 30.9 Å². The first-order valence-corrected chi connectivity index (χ1v) is 10.7. The first kappa shape index (κ1) is 21.8. The zero-order chi connectivity index (χ0) is 22.7. The molecule has 32 heavy (non-hydrogen) atoms. The number of benzene rings is 1. The number of quaternary nitrogens is 1. The molecule has 1 aromatic heterocycles. The molecule has 2 aliphatic rings. The van der Waals surface area contributed by atoms with E-state index in [-0.39, 0.29) is 37.6 Å². The maximum Gasteiger partial charge on any atom is 0.410 e. The lowest BCUT2D eigenvalue weighted by atomic mass is 10.2. The molecule has 0 aliphatic carbocycles. The molecule has 0 bridgehead atoms. The number of amides is 2. The van der Waals surface area contributed by atoms with Crippen LogP contribution in [0, 0.1) is 0 Å². The second-order valence-electron chi connectivity index (χ2n) is 7.51. The Bertz CT molecular complexity index is 1030. The van der Waals surface area contributed by atoms with Gasteiger partial charge in [-0.2, -0.15) is 0 Å². The average Bonchev–Trinajstić information content (AvgIpc) is 3.37. The first-order valence-electron chi connectivity index (χ1n) is 10.7. The fraction of sp³-hybridized carbons (Fsp3) is 0.476. The van der Waals surface area contributed by atoms with Crippen LogP contribution >= 0.6 is 0 Å². The predicted octanol–water partition coefficient (Wildman–Crippen LogP) is 0.369. The summed E-state index contributed by atoms with van der Waals surface area (Å²) in [6, 6.07) is 3.47. The van der Waals surface area contributed by atoms with E-state index < -0.39 is 5.97 Å². The van der Waals surface area contributed by atoms with Gasteiger partial charge in [-0.3, -0.25) is 9.69 Å². The molecule has 0 radical (unpaired) electrons. The smallest absolute Gasteiger partial charge is 0.410 e. The van der Waals surface area contributed by atoms with Crippen LogP contribution in [0.1, 0.15) is 24.3 Å². The zero-order valence-corrected chi connectivity index (χ0v) is 18.1. The van der Waals surface area contributed by atoms with Crippen LogP contribution in [-0.2, 0) is 14.3 Å². The molecule has 2 aromatic rings. The van der Waals surface area contributed by atoms with Crippen molar-refractivity contribution in [2.75, 3.05) is 58.0 Å². The molecule has 172 valence electrons. The van der Waals surface area contributed by atoms with Crippen molar-refractivity contribution in [2.24, 2.45) is 0 Å². The fourth-order valence-electron chi connectivity index (χ4n) is 3.88. The zero-order valence-electron chi connectivity index (χ0n) is 18.1. The number of piperazine rings is 1. The topological polar surface area (TPSA) is 124 Å². The van der Waals surface area contributed by atoms with Gasteiger partial charge >= 0.3 is 12.1 Å². The first-order chi connectivity index (χ1) is 15.5. The predicted molar refractivity (Wildman–Crippen MR) is 113 cm³/mol. The summed E-state index contributed by atoms with van der Waals surface area (Å²) in [5.74, 6) is 0.309. The fourth-order valence-corrected chi connectivity index (χ4v) is 3.88. The molecule has 4 rings (SSSR count). The Kier molecular flexibility index (Phi) is 6.35. The van der Waals surface area contributed by atoms with Crippen LogP contribution in [-0.4, -0.2) is 80.6 Å². The molecule has 1 aromatic carbocycles. The monoisotopic (exact) mass is 447 g/mol. The molecule has 2 aliphatic heterocycles. The number of esters is 1. The lowest BCUT2D eigenvalue weighted by molar-refractivity contribution is -0.895. The second-order valence-corrected chi connectivity index (χ2v) is 7.51. The Labute approximate surface area is 184 Å². The summed E-state index contributed by atoms with van der Waals surface area (Å²) in [4.78, 5) is 42.9. The number of nitrogens with zero attached hydrogens (tertiary/aromatic N) is 1. The van der Waals surface area contributed by atoms with E-state index in [9.17, 15) is 14.4 Å². The van der Waals surface area contributed by atoms with Crippen LogP contribution in [0.25, 0.3) is 10.9 Å². The quantitative estimate of drug-likeness (QED) is 0.547. The maximum atomic E-state index is 12.8. The van der Waals surface area contributed by atoms with Crippen molar-refractivity contribution >= 4 is 34.6 Å². The molecule has 0 atom stereocenters. The van der Waals surface area contributed by atoms with Crippen LogP contribution in [0.5, 0.6) is 11.5 Å². The third kappa shape index (κ3) is 4.42. The number of anilines is 1. The molecule has 11 heteroatoms. The molecular formula is C21H27N4O7+. The normalized spacial score (nSPS) is 15.6. The van der Waals surface area contributed by atoms with Crippen LogP contribution in [0.4, 0.5) is 10.5 Å². The largest absolute Gasteiger partial charge is 0.461 e. The van der Waals surface area contributed by atoms with Gasteiger partial charge in [0, 0.05) is 11.5 Å². The number of aromatic nitrogens is 1. The third-order valence-corrected chi connectivity index (χ3v) is 5.44. The number of carbonyl (C=O) groups is 3. The van der Waals surface area contributed by atoms with Gasteiger partial charge in [0.2, 0.25) is 6.79 Å². The minimum absolute atomic E-state index is 0.121. The Morgan fingerprint density at radius 3 is 2.47 bits per heavy atom. The van der Waals surface area contributed by atoms with E-state index in [2.05, 4.69) is 10.3 Å². The number of H-pyrrole nitrogens is 1. The number of fused-ring (bicyclic) bond motifs is 2. The van der Waals surface area contributed by atoms with Gasteiger partial charge in [-0.1, -0.05) is 0 Å². The van der Waals surface area contributed by atoms with E-state index in [1.165, 1.54) is 0 Å². The van der Waals surface area contributed by atoms with Crippen LogP contribution in [0.3, 0.4) is 0 Å². The molecular weight excluding hydrogens is 420 g/mol. The van der Waals surface area contributed by atoms with Gasteiger partial charge in [0.05, 0.1) is 50.6 Å². The summed E-state index contributed by atoms with van der Waals surface area (Å²) >= 11 is 0. The van der Waals surface area contributed by atoms with Gasteiger partial charge in [-0.05, 0) is 19.9 Å². The standard InChI is InChI=1S/C21H26N4O7/c1-3-29-20(27)19-18(13-9-15-16(32-12-31-15)10-14(13)22-19)23-17(26)11-24-5-7-25(8-6-24)21(28)30-4-2/h9-10,22H,3-8,11-12H2,1-2H3,(H,23,26)/p+1. The number of hydrogen-bond donors (Lipinski definition) is 3. The summed E-state index contributed by atoms with van der Waals surface area (Å²) in [5, 5.41) is 3.50. The van der Waals surface area contributed by atoms with Crippen molar-refractivity contribution in [3.63, 3.8) is 0 Å². The van der Waals surface area contributed by atoms with Gasteiger partial charge in [0.15, 0.2) is 18.0 Å². The summed E-state index contributed by atoms with van der Waals surface area (Å²) in [6.07, 6.45) is -0.326. The summed E-state index contributed by atoms with van der Waals surface area (Å²) < 4.78 is 21.0. The highest BCUT2D eigenvalue weighted by Crippen LogP contribution is 2.39. The highest BCUT2D eigenvalue weighted by atomic mass is 16.7. The van der Waals surface area contributed by atoms with Gasteiger partial charge in [-0.15, -0.1) is 0 Å².